The minimum Gasteiger partial charge on any atom is -0.481 e. The maximum atomic E-state index is 12.4. The number of carbonyl (C=O) groups is 6. The Hall–Kier alpha value is -3.80. The van der Waals surface area contributed by atoms with Crippen molar-refractivity contribution in [2.24, 2.45) is 11.5 Å². The molecule has 0 fully saturated rings. The molecule has 0 aliphatic carbocycles. The number of carbonyl (C=O) groups excluding carboxylic acids is 5. The highest BCUT2D eigenvalue weighted by atomic mass is 16.4. The predicted octanol–water partition coefficient (Wildman–Crippen LogP) is -2.81. The van der Waals surface area contributed by atoms with E-state index in [0.29, 0.717) is 6.29 Å². The van der Waals surface area contributed by atoms with E-state index in [1.165, 1.54) is 0 Å². The largest absolute Gasteiger partial charge is 0.481 e. The van der Waals surface area contributed by atoms with Gasteiger partial charge in [0.15, 0.2) is 0 Å². The molecule has 1 aromatic rings. The highest BCUT2D eigenvalue weighted by Crippen LogP contribution is 2.03. The van der Waals surface area contributed by atoms with Gasteiger partial charge in [0, 0.05) is 0 Å². The molecule has 0 aliphatic rings. The van der Waals surface area contributed by atoms with Crippen molar-refractivity contribution < 1.29 is 33.9 Å². The number of amides is 4. The summed E-state index contributed by atoms with van der Waals surface area (Å²) in [5.41, 5.74) is 11.1. The Labute approximate surface area is 177 Å². The number of aldehydes is 1. The highest BCUT2D eigenvalue weighted by Gasteiger charge is 2.26. The molecular formula is C19H25N5O7. The average molecular weight is 435 g/mol. The Morgan fingerprint density at radius 1 is 1.00 bits per heavy atom. The zero-order valence-corrected chi connectivity index (χ0v) is 16.6. The lowest BCUT2D eigenvalue weighted by molar-refractivity contribution is -0.141. The number of rotatable bonds is 13. The molecule has 0 saturated heterocycles. The molecule has 1 rings (SSSR count). The summed E-state index contributed by atoms with van der Waals surface area (Å²) < 4.78 is 0. The molecule has 168 valence electrons. The van der Waals surface area contributed by atoms with Gasteiger partial charge >= 0.3 is 5.97 Å². The number of hydrogen-bond acceptors (Lipinski definition) is 7. The van der Waals surface area contributed by atoms with Crippen LogP contribution in [-0.2, 0) is 35.2 Å². The lowest BCUT2D eigenvalue weighted by atomic mass is 10.1. The second kappa shape index (κ2) is 12.7. The van der Waals surface area contributed by atoms with Gasteiger partial charge in [0.25, 0.3) is 0 Å². The first kappa shape index (κ1) is 25.2. The van der Waals surface area contributed by atoms with Gasteiger partial charge in [-0.15, -0.1) is 0 Å². The van der Waals surface area contributed by atoms with Crippen LogP contribution in [0.1, 0.15) is 18.4 Å². The molecule has 3 atom stereocenters. The van der Waals surface area contributed by atoms with Crippen molar-refractivity contribution in [2.75, 3.05) is 6.54 Å². The fourth-order valence-corrected chi connectivity index (χ4v) is 2.52. The van der Waals surface area contributed by atoms with Crippen LogP contribution in [0.3, 0.4) is 0 Å². The average Bonchev–Trinajstić information content (AvgIpc) is 2.70. The Kier molecular flexibility index (Phi) is 10.3. The third-order valence-electron chi connectivity index (χ3n) is 4.00. The summed E-state index contributed by atoms with van der Waals surface area (Å²) in [6.07, 6.45) is -0.488. The summed E-state index contributed by atoms with van der Waals surface area (Å²) in [4.78, 5) is 69.3. The first-order valence-electron chi connectivity index (χ1n) is 9.24. The van der Waals surface area contributed by atoms with E-state index in [-0.39, 0.29) is 6.42 Å². The van der Waals surface area contributed by atoms with Gasteiger partial charge in [-0.05, 0) is 12.0 Å². The quantitative estimate of drug-likeness (QED) is 0.178. The minimum atomic E-state index is -1.49. The van der Waals surface area contributed by atoms with Gasteiger partial charge in [0.1, 0.15) is 12.3 Å². The number of nitrogens with one attached hydrogen (secondary N) is 3. The Morgan fingerprint density at radius 3 is 2.19 bits per heavy atom. The number of benzene rings is 1. The molecule has 0 spiro atoms. The fourth-order valence-electron chi connectivity index (χ4n) is 2.52. The SMILES string of the molecule is NC(=O)C[C@H](N)C(=O)NCC(=O)N[C@@H](CC(=O)O)C(=O)N[C@H](C=O)Cc1ccccc1. The topological polar surface area (TPSA) is 211 Å². The molecule has 12 heteroatoms. The van der Waals surface area contributed by atoms with E-state index in [9.17, 15) is 28.8 Å². The molecule has 0 aromatic heterocycles. The molecule has 31 heavy (non-hydrogen) atoms. The summed E-state index contributed by atoms with van der Waals surface area (Å²) in [5.74, 6) is -4.73. The van der Waals surface area contributed by atoms with Crippen molar-refractivity contribution >= 4 is 35.9 Å². The van der Waals surface area contributed by atoms with Gasteiger partial charge in [-0.2, -0.15) is 0 Å². The first-order valence-corrected chi connectivity index (χ1v) is 9.24. The summed E-state index contributed by atoms with van der Waals surface area (Å²) in [6.45, 7) is -0.615. The van der Waals surface area contributed by atoms with Gasteiger partial charge in [0.05, 0.1) is 31.5 Å². The normalized spacial score (nSPS) is 13.2. The summed E-state index contributed by atoms with van der Waals surface area (Å²) >= 11 is 0. The molecule has 0 saturated carbocycles. The summed E-state index contributed by atoms with van der Waals surface area (Å²) in [5, 5.41) is 15.7. The molecule has 0 aliphatic heterocycles. The number of carboxylic acids is 1. The first-order chi connectivity index (χ1) is 14.6. The number of aliphatic carboxylic acids is 1. The van der Waals surface area contributed by atoms with Crippen molar-refractivity contribution in [3.8, 4) is 0 Å². The van der Waals surface area contributed by atoms with E-state index in [2.05, 4.69) is 16.0 Å². The van der Waals surface area contributed by atoms with Crippen molar-refractivity contribution in [3.63, 3.8) is 0 Å². The molecule has 12 nitrogen and oxygen atoms in total. The lowest BCUT2D eigenvalue weighted by Gasteiger charge is -2.20. The van der Waals surface area contributed by atoms with E-state index in [1.54, 1.807) is 30.3 Å². The number of carboxylic acid groups (broad SMARTS) is 1. The van der Waals surface area contributed by atoms with E-state index in [0.717, 1.165) is 5.56 Å². The van der Waals surface area contributed by atoms with Crippen LogP contribution in [0.5, 0.6) is 0 Å². The third-order valence-corrected chi connectivity index (χ3v) is 4.00. The van der Waals surface area contributed by atoms with Gasteiger partial charge in [-0.3, -0.25) is 24.0 Å². The van der Waals surface area contributed by atoms with E-state index in [4.69, 9.17) is 16.6 Å². The van der Waals surface area contributed by atoms with Crippen molar-refractivity contribution in [2.45, 2.75) is 37.4 Å². The molecule has 0 heterocycles. The molecule has 4 amide bonds. The van der Waals surface area contributed by atoms with Gasteiger partial charge in [-0.25, -0.2) is 0 Å². The van der Waals surface area contributed by atoms with Crippen LogP contribution < -0.4 is 27.4 Å². The predicted molar refractivity (Wildman–Crippen MR) is 107 cm³/mol. The molecule has 1 aromatic carbocycles. The van der Waals surface area contributed by atoms with Crippen LogP contribution in [0.2, 0.25) is 0 Å². The van der Waals surface area contributed by atoms with Crippen molar-refractivity contribution in [1.29, 1.82) is 0 Å². The summed E-state index contributed by atoms with van der Waals surface area (Å²) in [7, 11) is 0. The molecule has 0 bridgehead atoms. The smallest absolute Gasteiger partial charge is 0.305 e. The van der Waals surface area contributed by atoms with Gasteiger partial charge in [0.2, 0.25) is 23.6 Å². The van der Waals surface area contributed by atoms with Crippen molar-refractivity contribution in [3.05, 3.63) is 35.9 Å². The number of primary amides is 1. The summed E-state index contributed by atoms with van der Waals surface area (Å²) in [6, 6.07) is 5.14. The monoisotopic (exact) mass is 435 g/mol. The van der Waals surface area contributed by atoms with E-state index >= 15 is 0 Å². The van der Waals surface area contributed by atoms with E-state index in [1.807, 2.05) is 0 Å². The number of hydrogen-bond donors (Lipinski definition) is 6. The second-order valence-electron chi connectivity index (χ2n) is 6.65. The van der Waals surface area contributed by atoms with Gasteiger partial charge < -0.3 is 37.3 Å². The Bertz CT molecular complexity index is 815. The van der Waals surface area contributed by atoms with Crippen LogP contribution in [0.25, 0.3) is 0 Å². The Balaban J connectivity index is 2.67. The molecular weight excluding hydrogens is 410 g/mol. The van der Waals surface area contributed by atoms with Crippen molar-refractivity contribution in [1.82, 2.24) is 16.0 Å². The standard InChI is InChI=1S/C19H25N5O7/c20-13(7-15(21)26)18(30)22-9-16(27)24-14(8-17(28)29)19(31)23-12(10-25)6-11-4-2-1-3-5-11/h1-5,10,12-14H,6-9,20H2,(H2,21,26)(H,22,30)(H,23,31)(H,24,27)(H,28,29)/t12-,13-,14-/m0/s1. The fraction of sp³-hybridized carbons (Fsp3) is 0.368. The minimum absolute atomic E-state index is 0.178. The molecule has 8 N–H and O–H groups in total. The van der Waals surface area contributed by atoms with Crippen LogP contribution in [0.15, 0.2) is 30.3 Å². The maximum Gasteiger partial charge on any atom is 0.305 e. The molecule has 0 unspecified atom stereocenters. The molecule has 0 radical (unpaired) electrons. The highest BCUT2D eigenvalue weighted by molar-refractivity contribution is 5.94. The van der Waals surface area contributed by atoms with Crippen LogP contribution in [0, 0.1) is 0 Å². The van der Waals surface area contributed by atoms with Crippen LogP contribution in [0.4, 0.5) is 0 Å². The van der Waals surface area contributed by atoms with Gasteiger partial charge in [-0.1, -0.05) is 30.3 Å². The number of nitrogens with two attached hydrogens (primary N) is 2. The zero-order valence-electron chi connectivity index (χ0n) is 16.6. The van der Waals surface area contributed by atoms with Crippen LogP contribution >= 0.6 is 0 Å². The maximum absolute atomic E-state index is 12.4. The Morgan fingerprint density at radius 2 is 1.65 bits per heavy atom. The zero-order chi connectivity index (χ0) is 23.4. The van der Waals surface area contributed by atoms with E-state index < -0.39 is 67.1 Å². The second-order valence-corrected chi connectivity index (χ2v) is 6.65. The lowest BCUT2D eigenvalue weighted by Crippen LogP contribution is -2.53. The third kappa shape index (κ3) is 9.99. The van der Waals surface area contributed by atoms with Crippen LogP contribution in [-0.4, -0.2) is 65.7 Å².